The molecule has 2 N–H and O–H groups in total. The van der Waals surface area contributed by atoms with E-state index in [-0.39, 0.29) is 55.2 Å². The van der Waals surface area contributed by atoms with Gasteiger partial charge in [0.05, 0.1) is 24.3 Å². The zero-order valence-electron chi connectivity index (χ0n) is 41.2. The van der Waals surface area contributed by atoms with E-state index >= 15 is 0 Å². The summed E-state index contributed by atoms with van der Waals surface area (Å²) >= 11 is 0. The minimum Gasteiger partial charge on any atom is -0.464 e. The van der Waals surface area contributed by atoms with Gasteiger partial charge in [-0.25, -0.2) is 5.43 Å². The van der Waals surface area contributed by atoms with E-state index in [1.165, 1.54) is 5.01 Å². The minimum atomic E-state index is -1.03. The Morgan fingerprint density at radius 2 is 1.81 bits per heavy atom. The summed E-state index contributed by atoms with van der Waals surface area (Å²) < 4.78 is 14.3. The van der Waals surface area contributed by atoms with Gasteiger partial charge >= 0.3 is 5.97 Å². The van der Waals surface area contributed by atoms with Gasteiger partial charge in [0.1, 0.15) is 18.1 Å². The molecule has 4 aliphatic heterocycles. The van der Waals surface area contributed by atoms with E-state index in [1.54, 1.807) is 30.9 Å². The van der Waals surface area contributed by atoms with Gasteiger partial charge in [-0.2, -0.15) is 0 Å². The number of ether oxygens (including phenoxy) is 2. The van der Waals surface area contributed by atoms with Gasteiger partial charge in [-0.15, -0.1) is 0 Å². The van der Waals surface area contributed by atoms with Gasteiger partial charge in [0.2, 0.25) is 11.8 Å². The molecule has 8 rings (SSSR count). The summed E-state index contributed by atoms with van der Waals surface area (Å²) in [5.41, 5.74) is 10.9. The Morgan fingerprint density at radius 3 is 2.56 bits per heavy atom. The number of amides is 4. The lowest BCUT2D eigenvalue weighted by molar-refractivity contribution is -0.155. The number of esters is 1. The van der Waals surface area contributed by atoms with Crippen molar-refractivity contribution in [3.05, 3.63) is 65.0 Å². The van der Waals surface area contributed by atoms with Crippen molar-refractivity contribution in [1.82, 2.24) is 30.1 Å². The van der Waals surface area contributed by atoms with E-state index in [0.29, 0.717) is 32.4 Å². The van der Waals surface area contributed by atoms with Crippen molar-refractivity contribution in [3.63, 3.8) is 0 Å². The third-order valence-electron chi connectivity index (χ3n) is 15.0. The number of cyclic esters (lactones) is 1. The Balaban J connectivity index is 1.17. The monoisotopic (exact) mass is 928 g/mol. The second-order valence-corrected chi connectivity index (χ2v) is 20.5. The molecule has 1 saturated carbocycles. The SMILES string of the molecule is CC#CC(=O)N1C[C@H](C)[C@H](C(=O)N(C)[C@H](C(=O)N[C@H]2Cc3cccc(c3)-c3ccc4c(c3)c(c(C3=C([C@H](C)OC)N=CCC3)n4C)CC(C)(C)COC(=O)[C@@H]3CCCN(N3)C2=O)C2CCCC2)C1. The van der Waals surface area contributed by atoms with Crippen molar-refractivity contribution < 1.29 is 33.4 Å². The first-order chi connectivity index (χ1) is 32.6. The highest BCUT2D eigenvalue weighted by molar-refractivity contribution is 5.97. The van der Waals surface area contributed by atoms with Crippen LogP contribution in [0.5, 0.6) is 0 Å². The zero-order valence-corrected chi connectivity index (χ0v) is 41.2. The van der Waals surface area contributed by atoms with Gasteiger partial charge in [0.25, 0.3) is 11.8 Å². The van der Waals surface area contributed by atoms with Crippen LogP contribution < -0.4 is 10.7 Å². The molecule has 2 saturated heterocycles. The molecule has 68 heavy (non-hydrogen) atoms. The van der Waals surface area contributed by atoms with E-state index < -0.39 is 41.3 Å². The summed E-state index contributed by atoms with van der Waals surface area (Å²) in [6, 6.07) is 12.0. The number of aromatic nitrogens is 1. The molecule has 3 fully saturated rings. The number of benzene rings is 2. The number of hydrogen-bond donors (Lipinski definition) is 2. The molecule has 14 nitrogen and oxygen atoms in total. The van der Waals surface area contributed by atoms with Crippen molar-refractivity contribution in [2.24, 2.45) is 35.2 Å². The number of methoxy groups -OCH3 is 1. The Labute approximate surface area is 401 Å². The largest absolute Gasteiger partial charge is 0.464 e. The Hall–Kier alpha value is -5.78. The van der Waals surface area contributed by atoms with E-state index in [1.807, 2.05) is 32.2 Å². The van der Waals surface area contributed by atoms with Crippen LogP contribution in [0.1, 0.15) is 103 Å². The van der Waals surface area contributed by atoms with Crippen molar-refractivity contribution in [2.75, 3.05) is 40.4 Å². The number of nitrogens with one attached hydrogen (secondary N) is 2. The third kappa shape index (κ3) is 10.0. The maximum absolute atomic E-state index is 14.9. The summed E-state index contributed by atoms with van der Waals surface area (Å²) in [4.78, 5) is 79.0. The smallest absolute Gasteiger partial charge is 0.324 e. The van der Waals surface area contributed by atoms with E-state index in [2.05, 4.69) is 78.4 Å². The molecule has 0 unspecified atom stereocenters. The highest BCUT2D eigenvalue weighted by Gasteiger charge is 2.44. The summed E-state index contributed by atoms with van der Waals surface area (Å²) in [7, 11) is 5.50. The van der Waals surface area contributed by atoms with Gasteiger partial charge in [-0.05, 0) is 111 Å². The summed E-state index contributed by atoms with van der Waals surface area (Å²) in [5, 5.41) is 5.74. The summed E-state index contributed by atoms with van der Waals surface area (Å²) in [6.07, 6.45) is 8.66. The minimum absolute atomic E-state index is 0.103. The van der Waals surface area contributed by atoms with Crippen LogP contribution in [0.25, 0.3) is 27.6 Å². The zero-order chi connectivity index (χ0) is 48.4. The number of aliphatic imine (C=N–C) groups is 1. The number of nitrogens with zero attached hydrogens (tertiary/aromatic N) is 5. The van der Waals surface area contributed by atoms with E-state index in [9.17, 15) is 24.0 Å². The molecule has 0 radical (unpaired) electrons. The number of fused-ring (bicyclic) bond motifs is 6. The van der Waals surface area contributed by atoms with Crippen LogP contribution in [0.2, 0.25) is 0 Å². The number of likely N-dealkylation sites (N-methyl/N-ethyl adjacent to an activating group) is 1. The number of allylic oxidation sites excluding steroid dienone is 1. The van der Waals surface area contributed by atoms with Crippen LogP contribution in [0.3, 0.4) is 0 Å². The average molecular weight is 928 g/mol. The highest BCUT2D eigenvalue weighted by Crippen LogP contribution is 2.41. The molecule has 5 aliphatic rings. The second-order valence-electron chi connectivity index (χ2n) is 20.5. The molecule has 6 atom stereocenters. The molecule has 0 spiro atoms. The number of hydrogen-bond acceptors (Lipinski definition) is 9. The van der Waals surface area contributed by atoms with Gasteiger partial charge in [0.15, 0.2) is 0 Å². The number of hydrazine groups is 1. The molecular weight excluding hydrogens is 859 g/mol. The molecule has 6 bridgehead atoms. The Bertz CT molecular complexity index is 2580. The van der Waals surface area contributed by atoms with E-state index in [4.69, 9.17) is 14.5 Å². The number of rotatable bonds is 8. The molecule has 362 valence electrons. The van der Waals surface area contributed by atoms with E-state index in [0.717, 1.165) is 88.6 Å². The fourth-order valence-electron chi connectivity index (χ4n) is 11.3. The fourth-order valence-corrected chi connectivity index (χ4v) is 11.3. The molecular formula is C54H69N7O7. The fraction of sp³-hybridized carbons (Fsp3) is 0.556. The topological polar surface area (TPSA) is 155 Å². The lowest BCUT2D eigenvalue weighted by Gasteiger charge is -2.37. The lowest BCUT2D eigenvalue weighted by atomic mass is 9.83. The number of carbonyl (C=O) groups excluding carboxylic acids is 5. The Morgan fingerprint density at radius 1 is 1.04 bits per heavy atom. The first-order valence-corrected chi connectivity index (χ1v) is 24.6. The van der Waals surface area contributed by atoms with Gasteiger partial charge in [0, 0.05) is 81.1 Å². The first-order valence-electron chi connectivity index (χ1n) is 24.6. The summed E-state index contributed by atoms with van der Waals surface area (Å²) in [5.74, 6) is 2.84. The normalized spacial score (nSPS) is 24.2. The molecule has 3 aromatic rings. The van der Waals surface area contributed by atoms with Crippen LogP contribution >= 0.6 is 0 Å². The predicted molar refractivity (Wildman–Crippen MR) is 263 cm³/mol. The molecule has 14 heteroatoms. The number of likely N-dealkylation sites (tertiary alicyclic amines) is 1. The van der Waals surface area contributed by atoms with Crippen LogP contribution in [0.4, 0.5) is 0 Å². The number of aryl methyl sites for hydroxylation is 1. The van der Waals surface area contributed by atoms with Crippen LogP contribution in [0.15, 0.2) is 53.2 Å². The average Bonchev–Trinajstić information content (AvgIpc) is 4.08. The second kappa shape index (κ2) is 20.4. The van der Waals surface area contributed by atoms with Gasteiger partial charge < -0.3 is 29.2 Å². The van der Waals surface area contributed by atoms with Crippen molar-refractivity contribution in [1.29, 1.82) is 0 Å². The van der Waals surface area contributed by atoms with Crippen molar-refractivity contribution >= 4 is 52.3 Å². The predicted octanol–water partition coefficient (Wildman–Crippen LogP) is 6.24. The lowest BCUT2D eigenvalue weighted by Crippen LogP contribution is -2.62. The van der Waals surface area contributed by atoms with Crippen molar-refractivity contribution in [3.8, 4) is 23.0 Å². The summed E-state index contributed by atoms with van der Waals surface area (Å²) in [6.45, 7) is 11.0. The Kier molecular flexibility index (Phi) is 14.6. The number of carbonyl (C=O) groups is 5. The maximum Gasteiger partial charge on any atom is 0.324 e. The van der Waals surface area contributed by atoms with Gasteiger partial charge in [-0.3, -0.25) is 34.0 Å². The van der Waals surface area contributed by atoms with Gasteiger partial charge in [-0.1, -0.05) is 69.9 Å². The third-order valence-corrected chi connectivity index (χ3v) is 15.0. The van der Waals surface area contributed by atoms with Crippen LogP contribution in [0, 0.1) is 35.0 Å². The van der Waals surface area contributed by atoms with Crippen molar-refractivity contribution in [2.45, 2.75) is 123 Å². The molecule has 2 aromatic carbocycles. The molecule has 1 aliphatic carbocycles. The van der Waals surface area contributed by atoms with Crippen LogP contribution in [-0.4, -0.2) is 120 Å². The molecule has 1 aromatic heterocycles. The highest BCUT2D eigenvalue weighted by atomic mass is 16.5. The quantitative estimate of drug-likeness (QED) is 0.199. The molecule has 4 amide bonds. The first kappa shape index (κ1) is 48.7. The maximum atomic E-state index is 14.9. The standard InChI is InChI=1S/C54H69N7O7/c1-9-15-46(62)60-30-33(2)42(31-60)51(64)59(7)48(36-17-10-11-18-36)50(63)56-44-27-35-16-12-19-37(26-35)38-22-23-45-40(28-38)41(49(58(45)6)39-20-13-24-55-47(39)34(3)67-8)29-54(4,5)32-68-53(66)43-21-14-25-61(57-43)52(44)65/h12,16,19,22-24,26,28,33-34,36,42-44,48,57H,10-11,13-14,17-18,20-21,25,27,29-32H2,1-8H3,(H,56,63)/t33-,34-,42+,43-,44-,48-/m0/s1. The molecule has 5 heterocycles. The van der Waals surface area contributed by atoms with Crippen LogP contribution in [-0.2, 0) is 53.3 Å².